The molecule has 2 rings (SSSR count). The third-order valence-corrected chi connectivity index (χ3v) is 5.97. The smallest absolute Gasteiger partial charge is 0.326 e. The number of hydrogen-bond acceptors (Lipinski definition) is 5. The molecule has 0 aromatic rings. The second kappa shape index (κ2) is 5.61. The predicted octanol–water partition coefficient (Wildman–Crippen LogP) is 0.484. The van der Waals surface area contributed by atoms with E-state index in [1.54, 1.807) is 20.8 Å². The largest absolute Gasteiger partial charge is 0.459 e. The van der Waals surface area contributed by atoms with Crippen LogP contribution in [0.25, 0.3) is 0 Å². The molecule has 0 bridgehead atoms. The molecule has 6 nitrogen and oxygen atoms in total. The van der Waals surface area contributed by atoms with Gasteiger partial charge in [0.1, 0.15) is 5.60 Å². The maximum atomic E-state index is 12.5. The number of carbonyl (C=O) groups is 1. The topological polar surface area (TPSA) is 75.7 Å². The van der Waals surface area contributed by atoms with Crippen molar-refractivity contribution in [3.8, 4) is 0 Å². The first kappa shape index (κ1) is 15.7. The van der Waals surface area contributed by atoms with Crippen molar-refractivity contribution in [3.05, 3.63) is 0 Å². The molecule has 0 amide bonds. The van der Waals surface area contributed by atoms with Crippen LogP contribution in [0, 0.1) is 0 Å². The van der Waals surface area contributed by atoms with Gasteiger partial charge in [0, 0.05) is 12.6 Å². The van der Waals surface area contributed by atoms with Gasteiger partial charge in [-0.3, -0.25) is 4.79 Å². The van der Waals surface area contributed by atoms with Crippen molar-refractivity contribution in [2.75, 3.05) is 19.6 Å². The first-order valence-electron chi connectivity index (χ1n) is 7.16. The first-order valence-corrected chi connectivity index (χ1v) is 8.66. The van der Waals surface area contributed by atoms with Crippen LogP contribution in [-0.2, 0) is 19.6 Å². The molecule has 0 spiro atoms. The first-order chi connectivity index (χ1) is 9.22. The molecule has 0 aliphatic carbocycles. The molecule has 7 heteroatoms. The van der Waals surface area contributed by atoms with Crippen LogP contribution in [0.3, 0.4) is 0 Å². The van der Waals surface area contributed by atoms with Crippen LogP contribution < -0.4 is 5.32 Å². The quantitative estimate of drug-likeness (QED) is 0.751. The van der Waals surface area contributed by atoms with E-state index in [2.05, 4.69) is 5.32 Å². The molecular weight excluding hydrogens is 280 g/mol. The Morgan fingerprint density at radius 2 is 1.80 bits per heavy atom. The molecule has 0 aromatic heterocycles. The van der Waals surface area contributed by atoms with Gasteiger partial charge in [-0.15, -0.1) is 0 Å². The summed E-state index contributed by atoms with van der Waals surface area (Å²) < 4.78 is 31.8. The molecule has 2 saturated heterocycles. The lowest BCUT2D eigenvalue weighted by molar-refractivity contribution is -0.154. The zero-order chi connectivity index (χ0) is 15.0. The molecule has 1 N–H and O–H groups in total. The van der Waals surface area contributed by atoms with Gasteiger partial charge in [0.2, 0.25) is 10.0 Å². The second-order valence-corrected chi connectivity index (χ2v) is 8.52. The van der Waals surface area contributed by atoms with E-state index in [9.17, 15) is 13.2 Å². The van der Waals surface area contributed by atoms with Crippen LogP contribution in [0.5, 0.6) is 0 Å². The predicted molar refractivity (Wildman–Crippen MR) is 75.8 cm³/mol. The van der Waals surface area contributed by atoms with E-state index in [0.717, 1.165) is 25.9 Å². The lowest BCUT2D eigenvalue weighted by Crippen LogP contribution is -2.46. The van der Waals surface area contributed by atoms with Crippen LogP contribution in [0.4, 0.5) is 0 Å². The minimum Gasteiger partial charge on any atom is -0.459 e. The molecule has 1 atom stereocenters. The number of rotatable bonds is 2. The Hall–Kier alpha value is -0.660. The maximum Gasteiger partial charge on any atom is 0.326 e. The van der Waals surface area contributed by atoms with Gasteiger partial charge in [-0.2, -0.15) is 4.31 Å². The fraction of sp³-hybridized carbons (Fsp3) is 0.923. The van der Waals surface area contributed by atoms with Crippen molar-refractivity contribution in [2.24, 2.45) is 0 Å². The summed E-state index contributed by atoms with van der Waals surface area (Å²) in [5, 5.41) is 2.19. The van der Waals surface area contributed by atoms with E-state index in [4.69, 9.17) is 4.74 Å². The summed E-state index contributed by atoms with van der Waals surface area (Å²) in [4.78, 5) is 12.1. The van der Waals surface area contributed by atoms with Crippen molar-refractivity contribution in [2.45, 2.75) is 56.9 Å². The third-order valence-electron chi connectivity index (χ3n) is 3.68. The molecule has 0 radical (unpaired) electrons. The number of nitrogens with one attached hydrogen (secondary N) is 1. The van der Waals surface area contributed by atoms with Gasteiger partial charge in [-0.25, -0.2) is 8.42 Å². The van der Waals surface area contributed by atoms with E-state index in [1.807, 2.05) is 0 Å². The van der Waals surface area contributed by atoms with Gasteiger partial charge in [0.15, 0.2) is 5.25 Å². The summed E-state index contributed by atoms with van der Waals surface area (Å²) in [5.74, 6) is -0.617. The van der Waals surface area contributed by atoms with Crippen molar-refractivity contribution in [1.29, 1.82) is 0 Å². The molecule has 2 fully saturated rings. The zero-order valence-electron chi connectivity index (χ0n) is 12.4. The number of ether oxygens (including phenoxy) is 1. The zero-order valence-corrected chi connectivity index (χ0v) is 13.2. The summed E-state index contributed by atoms with van der Waals surface area (Å²) in [5.41, 5.74) is -0.658. The monoisotopic (exact) mass is 304 g/mol. The summed E-state index contributed by atoms with van der Waals surface area (Å²) in [6.45, 7) is 7.32. The number of piperidine rings is 1. The van der Waals surface area contributed by atoms with Crippen LogP contribution >= 0.6 is 0 Å². The lowest BCUT2D eigenvalue weighted by atomic mass is 10.1. The second-order valence-electron chi connectivity index (χ2n) is 6.45. The molecule has 20 heavy (non-hydrogen) atoms. The summed E-state index contributed by atoms with van der Waals surface area (Å²) >= 11 is 0. The van der Waals surface area contributed by atoms with Crippen molar-refractivity contribution < 1.29 is 17.9 Å². The van der Waals surface area contributed by atoms with Gasteiger partial charge >= 0.3 is 5.97 Å². The minimum atomic E-state index is -3.57. The fourth-order valence-electron chi connectivity index (χ4n) is 2.78. The van der Waals surface area contributed by atoms with Crippen molar-refractivity contribution >= 4 is 16.0 Å². The van der Waals surface area contributed by atoms with E-state index >= 15 is 0 Å². The molecule has 0 saturated carbocycles. The number of carbonyl (C=O) groups excluding carboxylic acids is 1. The SMILES string of the molecule is CC(C)(C)OC(=O)C1CCN(C2CCNCC2)S1(=O)=O. The number of esters is 1. The average Bonchev–Trinajstić information content (AvgIpc) is 2.63. The highest BCUT2D eigenvalue weighted by atomic mass is 32.2. The van der Waals surface area contributed by atoms with Gasteiger partial charge in [-0.1, -0.05) is 0 Å². The summed E-state index contributed by atoms with van der Waals surface area (Å²) in [6.07, 6.45) is 1.95. The van der Waals surface area contributed by atoms with Crippen LogP contribution in [0.2, 0.25) is 0 Å². The van der Waals surface area contributed by atoms with Crippen molar-refractivity contribution in [3.63, 3.8) is 0 Å². The fourth-order valence-corrected chi connectivity index (χ4v) is 4.78. The highest BCUT2D eigenvalue weighted by molar-refractivity contribution is 7.90. The Bertz CT molecular complexity index is 463. The molecule has 116 valence electrons. The third kappa shape index (κ3) is 3.32. The van der Waals surface area contributed by atoms with Gasteiger partial charge < -0.3 is 10.1 Å². The van der Waals surface area contributed by atoms with Gasteiger partial charge in [0.25, 0.3) is 0 Å². The van der Waals surface area contributed by atoms with Crippen molar-refractivity contribution in [1.82, 2.24) is 9.62 Å². The molecule has 2 heterocycles. The highest BCUT2D eigenvalue weighted by Crippen LogP contribution is 2.29. The Kier molecular flexibility index (Phi) is 4.41. The summed E-state index contributed by atoms with van der Waals surface area (Å²) in [6, 6.07) is 0.0219. The number of sulfonamides is 1. The van der Waals surface area contributed by atoms with Crippen LogP contribution in [0.1, 0.15) is 40.0 Å². The van der Waals surface area contributed by atoms with E-state index in [-0.39, 0.29) is 6.04 Å². The standard InChI is InChI=1S/C13H24N2O4S/c1-13(2,3)19-12(16)11-6-9-15(20(11,17)18)10-4-7-14-8-5-10/h10-11,14H,4-9H2,1-3H3. The Balaban J connectivity index is 2.09. The normalized spacial score (nSPS) is 28.4. The van der Waals surface area contributed by atoms with Gasteiger partial charge in [-0.05, 0) is 53.1 Å². The molecular formula is C13H24N2O4S. The average molecular weight is 304 g/mol. The van der Waals surface area contributed by atoms with Gasteiger partial charge in [0.05, 0.1) is 0 Å². The molecule has 1 unspecified atom stereocenters. The molecule has 2 aliphatic heterocycles. The Morgan fingerprint density at radius 3 is 2.35 bits per heavy atom. The lowest BCUT2D eigenvalue weighted by Gasteiger charge is -2.30. The molecule has 2 aliphatic rings. The van der Waals surface area contributed by atoms with E-state index < -0.39 is 26.8 Å². The van der Waals surface area contributed by atoms with Crippen LogP contribution in [-0.4, -0.2) is 55.2 Å². The van der Waals surface area contributed by atoms with E-state index in [1.165, 1.54) is 4.31 Å². The van der Waals surface area contributed by atoms with Crippen LogP contribution in [0.15, 0.2) is 0 Å². The maximum absolute atomic E-state index is 12.5. The highest BCUT2D eigenvalue weighted by Gasteiger charge is 2.47. The number of nitrogens with zero attached hydrogens (tertiary/aromatic N) is 1. The minimum absolute atomic E-state index is 0.0219. The number of hydrogen-bond donors (Lipinski definition) is 1. The summed E-state index contributed by atoms with van der Waals surface area (Å²) in [7, 11) is -3.57. The Labute approximate surface area is 120 Å². The van der Waals surface area contributed by atoms with E-state index in [0.29, 0.717) is 13.0 Å². The molecule has 0 aromatic carbocycles. The Morgan fingerprint density at radius 1 is 1.20 bits per heavy atom.